The number of nitrogens with one attached hydrogen (secondary N) is 1. The quantitative estimate of drug-likeness (QED) is 0.907. The molecule has 0 aliphatic carbocycles. The summed E-state index contributed by atoms with van der Waals surface area (Å²) < 4.78 is 1.10. The fourth-order valence-electron chi connectivity index (χ4n) is 2.86. The lowest BCUT2D eigenvalue weighted by molar-refractivity contribution is 0.0223. The molecule has 0 aromatic heterocycles. The van der Waals surface area contributed by atoms with Crippen molar-refractivity contribution in [2.24, 2.45) is 0 Å². The van der Waals surface area contributed by atoms with Crippen LogP contribution in [0.1, 0.15) is 5.56 Å². The number of halogens is 2. The van der Waals surface area contributed by atoms with Crippen LogP contribution in [0.15, 0.2) is 22.7 Å². The summed E-state index contributed by atoms with van der Waals surface area (Å²) in [7, 11) is 0. The molecule has 2 aliphatic heterocycles. The van der Waals surface area contributed by atoms with Crippen LogP contribution in [0, 0.1) is 0 Å². The highest BCUT2D eigenvalue weighted by atomic mass is 79.9. The summed E-state index contributed by atoms with van der Waals surface area (Å²) in [6.07, 6.45) is 0. The minimum atomic E-state index is 0.744. The van der Waals surface area contributed by atoms with Gasteiger partial charge in [0.2, 0.25) is 0 Å². The van der Waals surface area contributed by atoms with Gasteiger partial charge in [-0.3, -0.25) is 9.80 Å². The van der Waals surface area contributed by atoms with Crippen LogP contribution in [-0.4, -0.2) is 55.1 Å². The number of likely N-dealkylation sites (tertiary alicyclic amines) is 1. The maximum absolute atomic E-state index is 6.24. The van der Waals surface area contributed by atoms with E-state index in [-0.39, 0.29) is 0 Å². The average Bonchev–Trinajstić information content (AvgIpc) is 2.38. The van der Waals surface area contributed by atoms with Gasteiger partial charge in [-0.15, -0.1) is 0 Å². The Balaban J connectivity index is 1.52. The Morgan fingerprint density at radius 1 is 1.26 bits per heavy atom. The second-order valence-electron chi connectivity index (χ2n) is 5.37. The molecule has 2 aliphatic rings. The predicted octanol–water partition coefficient (Wildman–Crippen LogP) is 2.19. The highest BCUT2D eigenvalue weighted by Gasteiger charge is 2.32. The summed E-state index contributed by atoms with van der Waals surface area (Å²) in [5.41, 5.74) is 1.22. The van der Waals surface area contributed by atoms with Crippen molar-refractivity contribution < 1.29 is 0 Å². The van der Waals surface area contributed by atoms with Gasteiger partial charge in [-0.25, -0.2) is 0 Å². The Hall–Kier alpha value is -0.130. The molecule has 2 fully saturated rings. The number of rotatable bonds is 3. The van der Waals surface area contributed by atoms with E-state index in [1.807, 2.05) is 12.1 Å². The smallest absolute Gasteiger partial charge is 0.0451 e. The lowest BCUT2D eigenvalue weighted by atomic mass is 10.0. The van der Waals surface area contributed by atoms with Crippen LogP contribution in [-0.2, 0) is 6.54 Å². The number of hydrogen-bond acceptors (Lipinski definition) is 3. The van der Waals surface area contributed by atoms with Crippen LogP contribution in [0.3, 0.4) is 0 Å². The highest BCUT2D eigenvalue weighted by Crippen LogP contribution is 2.25. The van der Waals surface area contributed by atoms with Gasteiger partial charge in [-0.2, -0.15) is 0 Å². The van der Waals surface area contributed by atoms with Crippen molar-refractivity contribution in [3.8, 4) is 0 Å². The van der Waals surface area contributed by atoms with Crippen LogP contribution in [0.2, 0.25) is 5.02 Å². The first-order valence-electron chi connectivity index (χ1n) is 6.83. The van der Waals surface area contributed by atoms with E-state index in [0.29, 0.717) is 0 Å². The molecule has 0 bridgehead atoms. The lowest BCUT2D eigenvalue weighted by Gasteiger charge is -2.47. The van der Waals surface area contributed by atoms with E-state index in [1.54, 1.807) is 0 Å². The van der Waals surface area contributed by atoms with Crippen molar-refractivity contribution in [1.29, 1.82) is 0 Å². The van der Waals surface area contributed by atoms with Gasteiger partial charge in [0.1, 0.15) is 0 Å². The van der Waals surface area contributed by atoms with Crippen molar-refractivity contribution in [2.75, 3.05) is 39.3 Å². The van der Waals surface area contributed by atoms with E-state index in [1.165, 1.54) is 31.7 Å². The van der Waals surface area contributed by atoms with E-state index in [2.05, 4.69) is 37.1 Å². The van der Waals surface area contributed by atoms with Crippen LogP contribution < -0.4 is 5.32 Å². The van der Waals surface area contributed by atoms with Crippen LogP contribution in [0.25, 0.3) is 0 Å². The monoisotopic (exact) mass is 343 g/mol. The third-order valence-corrected chi connectivity index (χ3v) is 4.87. The minimum Gasteiger partial charge on any atom is -0.314 e. The maximum atomic E-state index is 6.24. The Morgan fingerprint density at radius 3 is 2.74 bits per heavy atom. The minimum absolute atomic E-state index is 0.744. The molecule has 0 radical (unpaired) electrons. The standard InChI is InChI=1S/C14H19BrClN3/c15-12-1-2-14(16)11(7-12)8-18-9-13(10-18)19-5-3-17-4-6-19/h1-2,7,13,17H,3-6,8-10H2. The van der Waals surface area contributed by atoms with E-state index < -0.39 is 0 Å². The first kappa shape index (κ1) is 13.8. The first-order valence-corrected chi connectivity index (χ1v) is 8.00. The first-order chi connectivity index (χ1) is 9.22. The number of hydrogen-bond donors (Lipinski definition) is 1. The number of nitrogens with zero attached hydrogens (tertiary/aromatic N) is 2. The normalized spacial score (nSPS) is 22.4. The summed E-state index contributed by atoms with van der Waals surface area (Å²) >= 11 is 9.75. The molecule has 5 heteroatoms. The molecule has 3 nitrogen and oxygen atoms in total. The van der Waals surface area contributed by atoms with Crippen molar-refractivity contribution in [3.63, 3.8) is 0 Å². The van der Waals surface area contributed by atoms with E-state index in [4.69, 9.17) is 11.6 Å². The molecule has 3 rings (SSSR count). The average molecular weight is 345 g/mol. The van der Waals surface area contributed by atoms with E-state index >= 15 is 0 Å². The van der Waals surface area contributed by atoms with Crippen molar-refractivity contribution in [3.05, 3.63) is 33.3 Å². The number of benzene rings is 1. The maximum Gasteiger partial charge on any atom is 0.0451 e. The zero-order chi connectivity index (χ0) is 13.2. The SMILES string of the molecule is Clc1ccc(Br)cc1CN1CC(N2CCNCC2)C1. The molecule has 1 aromatic rings. The molecule has 2 heterocycles. The molecule has 2 saturated heterocycles. The summed E-state index contributed by atoms with van der Waals surface area (Å²) in [6.45, 7) is 7.95. The molecular formula is C14H19BrClN3. The molecule has 1 aromatic carbocycles. The fourth-order valence-corrected chi connectivity index (χ4v) is 3.44. The third kappa shape index (κ3) is 3.31. The molecule has 19 heavy (non-hydrogen) atoms. The van der Waals surface area contributed by atoms with Gasteiger partial charge < -0.3 is 5.32 Å². The van der Waals surface area contributed by atoms with Gasteiger partial charge in [0.05, 0.1) is 0 Å². The van der Waals surface area contributed by atoms with Crippen molar-refractivity contribution in [2.45, 2.75) is 12.6 Å². The van der Waals surface area contributed by atoms with Crippen LogP contribution in [0.5, 0.6) is 0 Å². The van der Waals surface area contributed by atoms with Crippen LogP contribution >= 0.6 is 27.5 Å². The number of piperazine rings is 1. The summed E-state index contributed by atoms with van der Waals surface area (Å²) in [5.74, 6) is 0. The Morgan fingerprint density at radius 2 is 2.00 bits per heavy atom. The topological polar surface area (TPSA) is 18.5 Å². The summed E-state index contributed by atoms with van der Waals surface area (Å²) in [4.78, 5) is 5.08. The zero-order valence-electron chi connectivity index (χ0n) is 10.9. The molecule has 104 valence electrons. The van der Waals surface area contributed by atoms with Gasteiger partial charge in [0.15, 0.2) is 0 Å². The van der Waals surface area contributed by atoms with E-state index in [9.17, 15) is 0 Å². The van der Waals surface area contributed by atoms with Crippen LogP contribution in [0.4, 0.5) is 0 Å². The van der Waals surface area contributed by atoms with Gasteiger partial charge >= 0.3 is 0 Å². The second-order valence-corrected chi connectivity index (χ2v) is 6.69. The van der Waals surface area contributed by atoms with Crippen molar-refractivity contribution in [1.82, 2.24) is 15.1 Å². The molecule has 0 unspecified atom stereocenters. The second kappa shape index (κ2) is 6.10. The molecule has 0 spiro atoms. The van der Waals surface area contributed by atoms with Gasteiger partial charge in [0, 0.05) is 61.4 Å². The Kier molecular flexibility index (Phi) is 4.44. The summed E-state index contributed by atoms with van der Waals surface area (Å²) in [6, 6.07) is 6.83. The molecule has 0 saturated carbocycles. The molecule has 0 atom stereocenters. The Bertz CT molecular complexity index is 442. The largest absolute Gasteiger partial charge is 0.314 e. The molecule has 0 amide bonds. The fraction of sp³-hybridized carbons (Fsp3) is 0.571. The third-order valence-electron chi connectivity index (χ3n) is 4.01. The van der Waals surface area contributed by atoms with Gasteiger partial charge in [0.25, 0.3) is 0 Å². The lowest BCUT2D eigenvalue weighted by Crippen LogP contribution is -2.62. The van der Waals surface area contributed by atoms with Gasteiger partial charge in [-0.05, 0) is 23.8 Å². The molecule has 1 N–H and O–H groups in total. The van der Waals surface area contributed by atoms with E-state index in [0.717, 1.165) is 35.2 Å². The Labute approximate surface area is 128 Å². The zero-order valence-corrected chi connectivity index (χ0v) is 13.3. The summed E-state index contributed by atoms with van der Waals surface area (Å²) in [5, 5.41) is 4.27. The highest BCUT2D eigenvalue weighted by molar-refractivity contribution is 9.10. The predicted molar refractivity (Wildman–Crippen MR) is 82.7 cm³/mol. The van der Waals surface area contributed by atoms with Crippen molar-refractivity contribution >= 4 is 27.5 Å². The van der Waals surface area contributed by atoms with Gasteiger partial charge in [-0.1, -0.05) is 27.5 Å². The molecular weight excluding hydrogens is 326 g/mol.